The molecule has 0 saturated carbocycles. The molecule has 174 valence electrons. The smallest absolute Gasteiger partial charge is 0.256 e. The number of halogens is 1. The highest BCUT2D eigenvalue weighted by Gasteiger charge is 2.45. The van der Waals surface area contributed by atoms with Gasteiger partial charge in [-0.05, 0) is 60.7 Å². The van der Waals surface area contributed by atoms with E-state index in [-0.39, 0.29) is 5.82 Å². The minimum absolute atomic E-state index is 0.324. The molecule has 0 aliphatic carbocycles. The van der Waals surface area contributed by atoms with Gasteiger partial charge in [-0.2, -0.15) is 0 Å². The van der Waals surface area contributed by atoms with Gasteiger partial charge >= 0.3 is 0 Å². The lowest BCUT2D eigenvalue weighted by molar-refractivity contribution is -0.137. The third-order valence-electron chi connectivity index (χ3n) is 6.03. The molecule has 0 N–H and O–H groups in total. The number of hydrogen-bond acceptors (Lipinski definition) is 5. The van der Waals surface area contributed by atoms with E-state index in [2.05, 4.69) is 0 Å². The van der Waals surface area contributed by atoms with Gasteiger partial charge in [0.05, 0.1) is 38.8 Å². The average molecular weight is 461 g/mol. The van der Waals surface area contributed by atoms with Crippen molar-refractivity contribution < 1.29 is 23.3 Å². The van der Waals surface area contributed by atoms with Crippen LogP contribution < -0.4 is 9.47 Å². The van der Waals surface area contributed by atoms with E-state index in [0.717, 1.165) is 34.0 Å². The Morgan fingerprint density at radius 1 is 0.794 bits per heavy atom. The Morgan fingerprint density at radius 3 is 1.85 bits per heavy atom. The van der Waals surface area contributed by atoms with Crippen LogP contribution in [0.25, 0.3) is 22.5 Å². The van der Waals surface area contributed by atoms with E-state index in [1.165, 1.54) is 12.1 Å². The van der Waals surface area contributed by atoms with Crippen molar-refractivity contribution in [2.75, 3.05) is 27.4 Å². The predicted octanol–water partition coefficient (Wildman–Crippen LogP) is 5.16. The van der Waals surface area contributed by atoms with Gasteiger partial charge in [-0.3, -0.25) is 0 Å². The maximum absolute atomic E-state index is 13.7. The standard InChI is InChI=1S/C27H25FN2O4/c1-30-25(19-6-14-23(32-3)15-7-19)24(18-4-12-22(31-2)13-5-18)29-26(30)27(33-16-17-34-27)20-8-10-21(28)11-9-20/h4-15H,16-17H2,1-3H3. The molecular formula is C27H25FN2O4. The molecule has 34 heavy (non-hydrogen) atoms. The molecule has 0 amide bonds. The topological polar surface area (TPSA) is 54.7 Å². The number of imidazole rings is 1. The Hall–Kier alpha value is -3.68. The zero-order chi connectivity index (χ0) is 23.7. The van der Waals surface area contributed by atoms with Crippen LogP contribution in [0.1, 0.15) is 11.4 Å². The van der Waals surface area contributed by atoms with Gasteiger partial charge < -0.3 is 23.5 Å². The van der Waals surface area contributed by atoms with E-state index < -0.39 is 5.79 Å². The molecule has 7 heteroatoms. The van der Waals surface area contributed by atoms with Crippen LogP contribution in [-0.4, -0.2) is 37.0 Å². The van der Waals surface area contributed by atoms with E-state index in [1.807, 2.05) is 60.1 Å². The van der Waals surface area contributed by atoms with Crippen LogP contribution in [0.5, 0.6) is 11.5 Å². The quantitative estimate of drug-likeness (QED) is 0.398. The fourth-order valence-corrected chi connectivity index (χ4v) is 4.33. The number of aromatic nitrogens is 2. The Kier molecular flexibility index (Phi) is 5.81. The lowest BCUT2D eigenvalue weighted by atomic mass is 10.0. The molecule has 0 radical (unpaired) electrons. The van der Waals surface area contributed by atoms with E-state index in [0.29, 0.717) is 24.6 Å². The molecule has 0 bridgehead atoms. The molecule has 6 nitrogen and oxygen atoms in total. The predicted molar refractivity (Wildman–Crippen MR) is 126 cm³/mol. The van der Waals surface area contributed by atoms with Crippen LogP contribution >= 0.6 is 0 Å². The molecule has 1 saturated heterocycles. The molecule has 1 aliphatic rings. The fraction of sp³-hybridized carbons (Fsp3) is 0.222. The van der Waals surface area contributed by atoms with Gasteiger partial charge in [-0.1, -0.05) is 12.1 Å². The summed E-state index contributed by atoms with van der Waals surface area (Å²) in [7, 11) is 5.21. The summed E-state index contributed by atoms with van der Waals surface area (Å²) in [6.45, 7) is 0.806. The van der Waals surface area contributed by atoms with Crippen molar-refractivity contribution in [2.24, 2.45) is 7.05 Å². The first kappa shape index (κ1) is 22.1. The SMILES string of the molecule is COc1ccc(-c2nc(C3(c4ccc(F)cc4)OCCO3)n(C)c2-c2ccc(OC)cc2)cc1. The minimum Gasteiger partial charge on any atom is -0.497 e. The molecule has 5 rings (SSSR count). The summed E-state index contributed by atoms with van der Waals surface area (Å²) in [5.74, 6) is 0.537. The Labute approximate surface area is 197 Å². The third-order valence-corrected chi connectivity index (χ3v) is 6.03. The fourth-order valence-electron chi connectivity index (χ4n) is 4.33. The zero-order valence-corrected chi connectivity index (χ0v) is 19.2. The van der Waals surface area contributed by atoms with Crippen molar-refractivity contribution in [3.63, 3.8) is 0 Å². The highest BCUT2D eigenvalue weighted by atomic mass is 19.1. The van der Waals surface area contributed by atoms with Crippen molar-refractivity contribution in [1.29, 1.82) is 0 Å². The van der Waals surface area contributed by atoms with E-state index >= 15 is 0 Å². The van der Waals surface area contributed by atoms with Gasteiger partial charge in [-0.15, -0.1) is 0 Å². The second kappa shape index (κ2) is 8.93. The zero-order valence-electron chi connectivity index (χ0n) is 19.2. The lowest BCUT2D eigenvalue weighted by Gasteiger charge is -2.27. The van der Waals surface area contributed by atoms with Gasteiger partial charge in [0, 0.05) is 23.7 Å². The number of benzene rings is 3. The first-order valence-electron chi connectivity index (χ1n) is 11.0. The second-order valence-electron chi connectivity index (χ2n) is 7.97. The molecule has 4 aromatic rings. The van der Waals surface area contributed by atoms with E-state index in [4.69, 9.17) is 23.9 Å². The van der Waals surface area contributed by atoms with Crippen LogP contribution in [-0.2, 0) is 22.3 Å². The summed E-state index contributed by atoms with van der Waals surface area (Å²) in [6, 6.07) is 21.7. The van der Waals surface area contributed by atoms with Crippen LogP contribution in [0.3, 0.4) is 0 Å². The number of ether oxygens (including phenoxy) is 4. The Bertz CT molecular complexity index is 1280. The molecule has 1 aliphatic heterocycles. The first-order valence-corrected chi connectivity index (χ1v) is 11.0. The summed E-state index contributed by atoms with van der Waals surface area (Å²) in [5, 5.41) is 0. The van der Waals surface area contributed by atoms with Crippen molar-refractivity contribution in [1.82, 2.24) is 9.55 Å². The van der Waals surface area contributed by atoms with E-state index in [9.17, 15) is 4.39 Å². The number of nitrogens with zero attached hydrogens (tertiary/aromatic N) is 2. The largest absolute Gasteiger partial charge is 0.497 e. The van der Waals surface area contributed by atoms with Crippen molar-refractivity contribution in [3.05, 3.63) is 90.0 Å². The van der Waals surface area contributed by atoms with Gasteiger partial charge in [0.25, 0.3) is 5.79 Å². The normalized spacial score (nSPS) is 14.8. The highest BCUT2D eigenvalue weighted by Crippen LogP contribution is 2.42. The maximum atomic E-state index is 13.7. The summed E-state index contributed by atoms with van der Waals surface area (Å²) >= 11 is 0. The minimum atomic E-state index is -1.24. The van der Waals surface area contributed by atoms with Crippen LogP contribution in [0.4, 0.5) is 4.39 Å². The van der Waals surface area contributed by atoms with E-state index in [1.54, 1.807) is 26.4 Å². The van der Waals surface area contributed by atoms with Gasteiger partial charge in [0.2, 0.25) is 0 Å². The molecule has 0 spiro atoms. The first-order chi connectivity index (χ1) is 16.6. The lowest BCUT2D eigenvalue weighted by Crippen LogP contribution is -2.32. The van der Waals surface area contributed by atoms with Gasteiger partial charge in [-0.25, -0.2) is 9.37 Å². The number of rotatable bonds is 6. The monoisotopic (exact) mass is 460 g/mol. The molecular weight excluding hydrogens is 435 g/mol. The Balaban J connectivity index is 1.73. The summed E-state index contributed by atoms with van der Waals surface area (Å²) in [5.41, 5.74) is 4.22. The van der Waals surface area contributed by atoms with Crippen LogP contribution in [0, 0.1) is 5.82 Å². The maximum Gasteiger partial charge on any atom is 0.256 e. The van der Waals surface area contributed by atoms with Crippen LogP contribution in [0.15, 0.2) is 72.8 Å². The van der Waals surface area contributed by atoms with Crippen LogP contribution in [0.2, 0.25) is 0 Å². The Morgan fingerprint density at radius 2 is 1.32 bits per heavy atom. The number of hydrogen-bond donors (Lipinski definition) is 0. The summed E-state index contributed by atoms with van der Waals surface area (Å²) in [6.07, 6.45) is 0. The van der Waals surface area contributed by atoms with Gasteiger partial charge in [0.1, 0.15) is 17.3 Å². The summed E-state index contributed by atoms with van der Waals surface area (Å²) < 4.78 is 38.7. The third kappa shape index (κ3) is 3.73. The molecule has 1 aromatic heterocycles. The molecule has 3 aromatic carbocycles. The molecule has 0 unspecified atom stereocenters. The molecule has 0 atom stereocenters. The second-order valence-corrected chi connectivity index (χ2v) is 7.97. The summed E-state index contributed by atoms with van der Waals surface area (Å²) in [4.78, 5) is 5.05. The average Bonchev–Trinajstić information content (AvgIpc) is 3.50. The molecule has 1 fully saturated rings. The van der Waals surface area contributed by atoms with Crippen molar-refractivity contribution >= 4 is 0 Å². The highest BCUT2D eigenvalue weighted by molar-refractivity contribution is 5.79. The van der Waals surface area contributed by atoms with Crippen molar-refractivity contribution in [3.8, 4) is 34.0 Å². The van der Waals surface area contributed by atoms with Crippen molar-refractivity contribution in [2.45, 2.75) is 5.79 Å². The molecule has 2 heterocycles. The van der Waals surface area contributed by atoms with Gasteiger partial charge in [0.15, 0.2) is 5.82 Å². The number of methoxy groups -OCH3 is 2.